The van der Waals surface area contributed by atoms with Crippen molar-refractivity contribution in [3.63, 3.8) is 0 Å². The van der Waals surface area contributed by atoms with Crippen LogP contribution in [0.5, 0.6) is 11.5 Å². The monoisotopic (exact) mass is 517 g/mol. The zero-order valence-corrected chi connectivity index (χ0v) is 19.1. The minimum absolute atomic E-state index is 0.212. The number of nitrogens with zero attached hydrogens (tertiary/aromatic N) is 1. The number of imidazole rings is 1. The molecule has 0 saturated carbocycles. The van der Waals surface area contributed by atoms with Crippen molar-refractivity contribution in [3.05, 3.63) is 72.0 Å². The van der Waals surface area contributed by atoms with Gasteiger partial charge in [0, 0.05) is 11.8 Å². The summed E-state index contributed by atoms with van der Waals surface area (Å²) in [6, 6.07) is 11.9. The highest BCUT2D eigenvalue weighted by atomic mass is 19.4. The third-order valence-electron chi connectivity index (χ3n) is 4.84. The van der Waals surface area contributed by atoms with Crippen LogP contribution in [0.3, 0.4) is 0 Å². The number of fused-ring (bicyclic) bond motifs is 1. The summed E-state index contributed by atoms with van der Waals surface area (Å²) in [6.07, 6.45) is -5.32. The molecule has 0 radical (unpaired) electrons. The summed E-state index contributed by atoms with van der Waals surface area (Å²) in [5.41, 5.74) is -0.230. The normalized spacial score (nSPS) is 11.2. The predicted molar refractivity (Wildman–Crippen MR) is 127 cm³/mol. The third-order valence-corrected chi connectivity index (χ3v) is 4.84. The molecule has 0 unspecified atom stereocenters. The maximum atomic E-state index is 13.8. The van der Waals surface area contributed by atoms with Gasteiger partial charge >= 0.3 is 18.3 Å². The highest BCUT2D eigenvalue weighted by molar-refractivity contribution is 5.99. The van der Waals surface area contributed by atoms with Gasteiger partial charge in [0.2, 0.25) is 5.95 Å². The van der Waals surface area contributed by atoms with Crippen LogP contribution in [0.1, 0.15) is 12.5 Å². The van der Waals surface area contributed by atoms with Crippen LogP contribution < -0.4 is 20.7 Å². The van der Waals surface area contributed by atoms with Crippen LogP contribution in [-0.2, 0) is 10.9 Å². The number of rotatable bonds is 6. The first-order valence-corrected chi connectivity index (χ1v) is 10.8. The topological polar surface area (TPSA) is 117 Å². The molecule has 0 bridgehead atoms. The van der Waals surface area contributed by atoms with Crippen molar-refractivity contribution in [1.82, 2.24) is 9.97 Å². The van der Waals surface area contributed by atoms with Gasteiger partial charge in [-0.2, -0.15) is 13.2 Å². The molecular formula is C24H19F4N5O4. The van der Waals surface area contributed by atoms with Gasteiger partial charge in [0.25, 0.3) is 0 Å². The highest BCUT2D eigenvalue weighted by Gasteiger charge is 2.31. The van der Waals surface area contributed by atoms with Crippen LogP contribution in [0.25, 0.3) is 11.0 Å². The number of hydrogen-bond donors (Lipinski definition) is 4. The van der Waals surface area contributed by atoms with E-state index in [1.807, 2.05) is 0 Å². The summed E-state index contributed by atoms with van der Waals surface area (Å²) >= 11 is 0. The first-order chi connectivity index (χ1) is 17.6. The van der Waals surface area contributed by atoms with Gasteiger partial charge in [0.15, 0.2) is 0 Å². The van der Waals surface area contributed by atoms with Crippen LogP contribution >= 0.6 is 0 Å². The smallest absolute Gasteiger partial charge is 0.416 e. The summed E-state index contributed by atoms with van der Waals surface area (Å²) in [4.78, 5) is 30.9. The Balaban J connectivity index is 1.37. The van der Waals surface area contributed by atoms with E-state index in [0.717, 1.165) is 0 Å². The fourth-order valence-electron chi connectivity index (χ4n) is 3.20. The van der Waals surface area contributed by atoms with Gasteiger partial charge in [-0.1, -0.05) is 0 Å². The molecule has 0 aliphatic rings. The van der Waals surface area contributed by atoms with Crippen LogP contribution in [0.2, 0.25) is 0 Å². The van der Waals surface area contributed by atoms with E-state index in [2.05, 4.69) is 25.9 Å². The molecule has 4 aromatic rings. The second-order valence-electron chi connectivity index (χ2n) is 7.51. The van der Waals surface area contributed by atoms with Crippen LogP contribution in [0.15, 0.2) is 60.7 Å². The molecule has 0 atom stereocenters. The van der Waals surface area contributed by atoms with Crippen molar-refractivity contribution in [3.8, 4) is 11.5 Å². The fourth-order valence-corrected chi connectivity index (χ4v) is 3.20. The minimum Gasteiger partial charge on any atom is -0.457 e. The lowest BCUT2D eigenvalue weighted by atomic mass is 10.2. The highest BCUT2D eigenvalue weighted by Crippen LogP contribution is 2.32. The molecule has 192 valence electrons. The first kappa shape index (κ1) is 25.3. The molecule has 0 aliphatic carbocycles. The van der Waals surface area contributed by atoms with Gasteiger partial charge in [-0.15, -0.1) is 0 Å². The maximum absolute atomic E-state index is 13.8. The Morgan fingerprint density at radius 3 is 2.38 bits per heavy atom. The molecule has 1 heterocycles. The lowest BCUT2D eigenvalue weighted by molar-refractivity contribution is -0.137. The number of urea groups is 1. The number of alkyl halides is 3. The number of aromatic amines is 1. The number of carbonyl (C=O) groups excluding carboxylic acids is 2. The molecule has 13 heteroatoms. The number of amides is 3. The molecule has 4 N–H and O–H groups in total. The average molecular weight is 517 g/mol. The second kappa shape index (κ2) is 10.4. The van der Waals surface area contributed by atoms with Crippen LogP contribution in [0.4, 0.5) is 44.5 Å². The van der Waals surface area contributed by atoms with E-state index in [1.54, 1.807) is 37.3 Å². The zero-order chi connectivity index (χ0) is 26.6. The number of anilines is 3. The van der Waals surface area contributed by atoms with Crippen molar-refractivity contribution < 1.29 is 36.6 Å². The number of nitrogens with one attached hydrogen (secondary N) is 4. The van der Waals surface area contributed by atoms with Crippen molar-refractivity contribution in [2.75, 3.05) is 22.6 Å². The number of H-pyrrole nitrogens is 1. The van der Waals surface area contributed by atoms with Gasteiger partial charge in [0.05, 0.1) is 28.9 Å². The molecular weight excluding hydrogens is 498 g/mol. The standard InChI is InChI=1S/C24H19F4N5O4/c1-2-36-23(35)33-21-30-18-10-8-16(12-20(18)31-21)37-15-6-4-14(5-7-15)29-22(34)32-19-11-13(24(26,27)28)3-9-17(19)25/h3-12H,2H2,1H3,(H2,29,32,34)(H2,30,31,33,35). The molecule has 1 aromatic heterocycles. The van der Waals surface area contributed by atoms with E-state index in [9.17, 15) is 27.2 Å². The first-order valence-electron chi connectivity index (χ1n) is 10.8. The summed E-state index contributed by atoms with van der Waals surface area (Å²) in [7, 11) is 0. The van der Waals surface area contributed by atoms with E-state index in [-0.39, 0.29) is 18.2 Å². The van der Waals surface area contributed by atoms with Gasteiger partial charge in [-0.3, -0.25) is 5.32 Å². The number of carbonyl (C=O) groups is 2. The minimum atomic E-state index is -4.68. The number of halogens is 4. The number of ether oxygens (including phenoxy) is 2. The van der Waals surface area contributed by atoms with Crippen molar-refractivity contribution >= 4 is 40.5 Å². The average Bonchev–Trinajstić information content (AvgIpc) is 3.22. The summed E-state index contributed by atoms with van der Waals surface area (Å²) in [5, 5.41) is 6.94. The summed E-state index contributed by atoms with van der Waals surface area (Å²) in [6.45, 7) is 1.90. The molecule has 4 rings (SSSR count). The molecule has 0 aliphatic heterocycles. The van der Waals surface area contributed by atoms with E-state index in [1.165, 1.54) is 12.1 Å². The Bertz CT molecular complexity index is 1440. The number of benzene rings is 3. The summed E-state index contributed by atoms with van der Waals surface area (Å²) < 4.78 is 63.0. The molecule has 0 spiro atoms. The van der Waals surface area contributed by atoms with Gasteiger partial charge in [0.1, 0.15) is 17.3 Å². The molecule has 9 nitrogen and oxygen atoms in total. The Morgan fingerprint density at radius 2 is 1.68 bits per heavy atom. The predicted octanol–water partition coefficient (Wildman–Crippen LogP) is 6.73. The number of hydrogen-bond acceptors (Lipinski definition) is 5. The zero-order valence-electron chi connectivity index (χ0n) is 19.1. The van der Waals surface area contributed by atoms with Crippen LogP contribution in [0, 0.1) is 5.82 Å². The summed E-state index contributed by atoms with van der Waals surface area (Å²) in [5.74, 6) is 0.0742. The lowest BCUT2D eigenvalue weighted by Crippen LogP contribution is -2.20. The number of aromatic nitrogens is 2. The molecule has 3 aromatic carbocycles. The van der Waals surface area contributed by atoms with Gasteiger partial charge < -0.3 is 25.1 Å². The second-order valence-corrected chi connectivity index (χ2v) is 7.51. The Kier molecular flexibility index (Phi) is 7.13. The SMILES string of the molecule is CCOC(=O)Nc1nc2ccc(Oc3ccc(NC(=O)Nc4cc(C(F)(F)F)ccc4F)cc3)cc2[nH]1. The molecule has 3 amide bonds. The van der Waals surface area contributed by atoms with E-state index < -0.39 is 35.4 Å². The fraction of sp³-hybridized carbons (Fsp3) is 0.125. The molecule has 0 fully saturated rings. The third kappa shape index (κ3) is 6.45. The molecule has 0 saturated heterocycles. The van der Waals surface area contributed by atoms with Gasteiger partial charge in [-0.05, 0) is 61.5 Å². The van der Waals surface area contributed by atoms with Crippen LogP contribution in [-0.4, -0.2) is 28.7 Å². The maximum Gasteiger partial charge on any atom is 0.416 e. The van der Waals surface area contributed by atoms with Crippen molar-refractivity contribution in [2.45, 2.75) is 13.1 Å². The van der Waals surface area contributed by atoms with Crippen molar-refractivity contribution in [2.24, 2.45) is 0 Å². The van der Waals surface area contributed by atoms with Gasteiger partial charge in [-0.25, -0.2) is 19.0 Å². The van der Waals surface area contributed by atoms with E-state index in [0.29, 0.717) is 40.7 Å². The Labute approximate surface area is 206 Å². The Hall–Kier alpha value is -4.81. The lowest BCUT2D eigenvalue weighted by Gasteiger charge is -2.12. The Morgan fingerprint density at radius 1 is 0.946 bits per heavy atom. The van der Waals surface area contributed by atoms with Crippen molar-refractivity contribution in [1.29, 1.82) is 0 Å². The molecule has 37 heavy (non-hydrogen) atoms. The van der Waals surface area contributed by atoms with E-state index in [4.69, 9.17) is 9.47 Å². The quantitative estimate of drug-likeness (QED) is 0.212. The largest absolute Gasteiger partial charge is 0.457 e. The van der Waals surface area contributed by atoms with E-state index >= 15 is 0 Å².